The number of amides is 2. The molecule has 1 atom stereocenters. The monoisotopic (exact) mass is 448 g/mol. The molecular weight excluding hydrogens is 420 g/mol. The van der Waals surface area contributed by atoms with E-state index in [1.807, 2.05) is 35.2 Å². The minimum atomic E-state index is -0.602. The number of benzene rings is 2. The van der Waals surface area contributed by atoms with Crippen molar-refractivity contribution in [3.05, 3.63) is 77.2 Å². The van der Waals surface area contributed by atoms with E-state index in [0.717, 1.165) is 16.9 Å². The third-order valence-electron chi connectivity index (χ3n) is 6.23. The minimum Gasteiger partial charge on any atom is -0.497 e. The third-order valence-corrected chi connectivity index (χ3v) is 7.15. The lowest BCUT2D eigenvalue weighted by molar-refractivity contribution is -0.132. The van der Waals surface area contributed by atoms with E-state index >= 15 is 0 Å². The minimum absolute atomic E-state index is 0.000388. The molecule has 1 aliphatic rings. The molecule has 1 saturated heterocycles. The SMILES string of the molecule is CNC(=O)[C@@]1(Cc2ccc(-c3cccs3)cc2)CCN(C(=O)Cc2ccc(OC)cc2)C1. The normalized spacial score (nSPS) is 17.9. The van der Waals surface area contributed by atoms with Crippen molar-refractivity contribution in [3.8, 4) is 16.2 Å². The van der Waals surface area contributed by atoms with Crippen LogP contribution in [0, 0.1) is 5.41 Å². The fourth-order valence-electron chi connectivity index (χ4n) is 4.41. The number of hydrogen-bond acceptors (Lipinski definition) is 4. The molecule has 6 heteroatoms. The van der Waals surface area contributed by atoms with Gasteiger partial charge in [0.05, 0.1) is 18.9 Å². The number of ether oxygens (including phenoxy) is 1. The highest BCUT2D eigenvalue weighted by molar-refractivity contribution is 7.13. The molecule has 1 fully saturated rings. The highest BCUT2D eigenvalue weighted by atomic mass is 32.1. The summed E-state index contributed by atoms with van der Waals surface area (Å²) in [5.41, 5.74) is 2.63. The number of thiophene rings is 1. The molecule has 1 aromatic heterocycles. The molecule has 2 amide bonds. The molecule has 32 heavy (non-hydrogen) atoms. The van der Waals surface area contributed by atoms with Crippen LogP contribution in [0.25, 0.3) is 10.4 Å². The Balaban J connectivity index is 1.46. The van der Waals surface area contributed by atoms with Crippen LogP contribution in [-0.2, 0) is 22.4 Å². The predicted octanol–water partition coefficient (Wildman–Crippen LogP) is 4.17. The van der Waals surface area contributed by atoms with Crippen LogP contribution in [-0.4, -0.2) is 44.0 Å². The number of rotatable bonds is 7. The molecule has 0 unspecified atom stereocenters. The van der Waals surface area contributed by atoms with Crippen LogP contribution in [0.1, 0.15) is 17.5 Å². The van der Waals surface area contributed by atoms with E-state index in [1.165, 1.54) is 10.4 Å². The highest BCUT2D eigenvalue weighted by Crippen LogP contribution is 2.36. The van der Waals surface area contributed by atoms with Gasteiger partial charge in [0.1, 0.15) is 5.75 Å². The average molecular weight is 449 g/mol. The zero-order chi connectivity index (χ0) is 22.6. The van der Waals surface area contributed by atoms with Crippen LogP contribution in [0.3, 0.4) is 0 Å². The van der Waals surface area contributed by atoms with Crippen LogP contribution < -0.4 is 10.1 Å². The van der Waals surface area contributed by atoms with E-state index in [0.29, 0.717) is 32.4 Å². The van der Waals surface area contributed by atoms with Gasteiger partial charge in [-0.05, 0) is 53.1 Å². The molecule has 5 nitrogen and oxygen atoms in total. The van der Waals surface area contributed by atoms with Crippen molar-refractivity contribution in [1.29, 1.82) is 0 Å². The van der Waals surface area contributed by atoms with Gasteiger partial charge in [0.25, 0.3) is 0 Å². The Morgan fingerprint density at radius 1 is 1.06 bits per heavy atom. The molecule has 1 N–H and O–H groups in total. The van der Waals surface area contributed by atoms with Crippen molar-refractivity contribution in [2.75, 3.05) is 27.2 Å². The van der Waals surface area contributed by atoms with E-state index in [1.54, 1.807) is 25.5 Å². The van der Waals surface area contributed by atoms with Gasteiger partial charge in [-0.1, -0.05) is 42.5 Å². The zero-order valence-corrected chi connectivity index (χ0v) is 19.3. The maximum Gasteiger partial charge on any atom is 0.228 e. The van der Waals surface area contributed by atoms with Crippen LogP contribution in [0.5, 0.6) is 5.75 Å². The zero-order valence-electron chi connectivity index (χ0n) is 18.5. The first-order valence-corrected chi connectivity index (χ1v) is 11.7. The maximum atomic E-state index is 13.0. The summed E-state index contributed by atoms with van der Waals surface area (Å²) in [4.78, 5) is 29.0. The summed E-state index contributed by atoms with van der Waals surface area (Å²) in [5.74, 6) is 0.819. The summed E-state index contributed by atoms with van der Waals surface area (Å²) in [6.07, 6.45) is 1.60. The van der Waals surface area contributed by atoms with Crippen molar-refractivity contribution < 1.29 is 14.3 Å². The molecule has 2 heterocycles. The lowest BCUT2D eigenvalue weighted by atomic mass is 9.79. The number of carbonyl (C=O) groups excluding carboxylic acids is 2. The molecule has 1 aliphatic heterocycles. The highest BCUT2D eigenvalue weighted by Gasteiger charge is 2.45. The van der Waals surface area contributed by atoms with Gasteiger partial charge in [0.2, 0.25) is 11.8 Å². The van der Waals surface area contributed by atoms with E-state index in [4.69, 9.17) is 4.74 Å². The van der Waals surface area contributed by atoms with Crippen molar-refractivity contribution in [3.63, 3.8) is 0 Å². The largest absolute Gasteiger partial charge is 0.497 e. The Labute approximate surface area is 193 Å². The first-order valence-electron chi connectivity index (χ1n) is 10.8. The average Bonchev–Trinajstić information content (AvgIpc) is 3.51. The van der Waals surface area contributed by atoms with Crippen molar-refractivity contribution in [2.45, 2.75) is 19.3 Å². The summed E-state index contributed by atoms with van der Waals surface area (Å²) in [6.45, 7) is 1.03. The number of likely N-dealkylation sites (tertiary alicyclic amines) is 1. The second kappa shape index (κ2) is 9.57. The fourth-order valence-corrected chi connectivity index (χ4v) is 5.14. The van der Waals surface area contributed by atoms with Crippen LogP contribution in [0.2, 0.25) is 0 Å². The summed E-state index contributed by atoms with van der Waals surface area (Å²) < 4.78 is 5.19. The van der Waals surface area contributed by atoms with E-state index in [-0.39, 0.29) is 11.8 Å². The first-order chi connectivity index (χ1) is 15.5. The Morgan fingerprint density at radius 3 is 2.41 bits per heavy atom. The van der Waals surface area contributed by atoms with Gasteiger partial charge in [-0.25, -0.2) is 0 Å². The van der Waals surface area contributed by atoms with Gasteiger partial charge in [0, 0.05) is 25.0 Å². The fraction of sp³-hybridized carbons (Fsp3) is 0.308. The first kappa shape index (κ1) is 22.1. The summed E-state index contributed by atoms with van der Waals surface area (Å²) in [7, 11) is 3.30. The molecule has 2 aromatic carbocycles. The predicted molar refractivity (Wildman–Crippen MR) is 128 cm³/mol. The molecule has 4 rings (SSSR count). The maximum absolute atomic E-state index is 13.0. The molecule has 0 saturated carbocycles. The molecule has 166 valence electrons. The second-order valence-electron chi connectivity index (χ2n) is 8.30. The van der Waals surface area contributed by atoms with Gasteiger partial charge in [0.15, 0.2) is 0 Å². The number of hydrogen-bond donors (Lipinski definition) is 1. The second-order valence-corrected chi connectivity index (χ2v) is 9.25. The van der Waals surface area contributed by atoms with Crippen LogP contribution in [0.15, 0.2) is 66.0 Å². The lowest BCUT2D eigenvalue weighted by Crippen LogP contribution is -2.44. The molecule has 0 bridgehead atoms. The summed E-state index contributed by atoms with van der Waals surface area (Å²) >= 11 is 1.71. The molecule has 3 aromatic rings. The van der Waals surface area contributed by atoms with Gasteiger partial charge < -0.3 is 15.0 Å². The Bertz CT molecular complexity index is 1060. The number of carbonyl (C=O) groups is 2. The van der Waals surface area contributed by atoms with Crippen LogP contribution in [0.4, 0.5) is 0 Å². The molecule has 0 radical (unpaired) electrons. The van der Waals surface area contributed by atoms with Crippen LogP contribution >= 0.6 is 11.3 Å². The lowest BCUT2D eigenvalue weighted by Gasteiger charge is -2.28. The summed E-state index contributed by atoms with van der Waals surface area (Å²) in [6, 6.07) is 20.1. The number of nitrogens with one attached hydrogen (secondary N) is 1. The Morgan fingerprint density at radius 2 is 1.78 bits per heavy atom. The van der Waals surface area contributed by atoms with Gasteiger partial charge >= 0.3 is 0 Å². The third kappa shape index (κ3) is 4.70. The van der Waals surface area contributed by atoms with E-state index in [2.05, 4.69) is 41.0 Å². The Hall–Kier alpha value is -3.12. The van der Waals surface area contributed by atoms with Crippen molar-refractivity contribution in [2.24, 2.45) is 5.41 Å². The van der Waals surface area contributed by atoms with Crippen molar-refractivity contribution >= 4 is 23.2 Å². The topological polar surface area (TPSA) is 58.6 Å². The smallest absolute Gasteiger partial charge is 0.228 e. The number of methoxy groups -OCH3 is 1. The Kier molecular flexibility index (Phi) is 6.61. The van der Waals surface area contributed by atoms with Gasteiger partial charge in [-0.3, -0.25) is 9.59 Å². The van der Waals surface area contributed by atoms with E-state index in [9.17, 15) is 9.59 Å². The number of nitrogens with zero attached hydrogens (tertiary/aromatic N) is 1. The van der Waals surface area contributed by atoms with Crippen molar-refractivity contribution in [1.82, 2.24) is 10.2 Å². The van der Waals surface area contributed by atoms with Gasteiger partial charge in [-0.2, -0.15) is 0 Å². The standard InChI is InChI=1S/C26H28N2O3S/c1-27-25(30)26(17-20-5-9-21(10-6-20)23-4-3-15-32-23)13-14-28(18-26)24(29)16-19-7-11-22(31-2)12-8-19/h3-12,15H,13-14,16-18H2,1-2H3,(H,27,30)/t26-/m1/s1. The molecule has 0 aliphatic carbocycles. The van der Waals surface area contributed by atoms with E-state index < -0.39 is 5.41 Å². The quantitative estimate of drug-likeness (QED) is 0.590. The molecule has 0 spiro atoms. The summed E-state index contributed by atoms with van der Waals surface area (Å²) in [5, 5.41) is 4.90. The van der Waals surface area contributed by atoms with Gasteiger partial charge in [-0.15, -0.1) is 11.3 Å². The molecular formula is C26H28N2O3S.